The molecular weight excluding hydrogens is 528 g/mol. The number of aromatic hydroxyl groups is 1. The Hall–Kier alpha value is -4.24. The van der Waals surface area contributed by atoms with Crippen LogP contribution in [0.3, 0.4) is 0 Å². The Morgan fingerprint density at radius 1 is 1.12 bits per heavy atom. The number of hydrogen-bond acceptors (Lipinski definition) is 10. The summed E-state index contributed by atoms with van der Waals surface area (Å²) in [7, 11) is 3.09. The number of carbonyl (C=O) groups is 5. The molecule has 3 unspecified atom stereocenters. The van der Waals surface area contributed by atoms with E-state index in [1.54, 1.807) is 20.2 Å². The fourth-order valence-electron chi connectivity index (χ4n) is 6.94. The van der Waals surface area contributed by atoms with Crippen molar-refractivity contribution in [3.63, 3.8) is 0 Å². The molecule has 0 heterocycles. The Balaban J connectivity index is 1.57. The van der Waals surface area contributed by atoms with Crippen LogP contribution < -0.4 is 11.1 Å². The van der Waals surface area contributed by atoms with Gasteiger partial charge >= 0.3 is 0 Å². The molecule has 2 fully saturated rings. The van der Waals surface area contributed by atoms with E-state index in [4.69, 9.17) is 11.0 Å². The van der Waals surface area contributed by atoms with Gasteiger partial charge in [-0.1, -0.05) is 30.3 Å². The van der Waals surface area contributed by atoms with E-state index in [1.807, 2.05) is 30.3 Å². The second-order valence-electron chi connectivity index (χ2n) is 11.2. The number of phenolic OH excluding ortho intramolecular Hbond substituents is 1. The minimum atomic E-state index is -2.75. The number of hydrogen-bond donors (Lipinski definition) is 4. The van der Waals surface area contributed by atoms with Gasteiger partial charge in [0, 0.05) is 12.5 Å². The number of likely N-dealkylation sites (N-methyl/N-ethyl adjacent to an activating group) is 1. The monoisotopic (exact) mass is 558 g/mol. The molecule has 3 aliphatic rings. The summed E-state index contributed by atoms with van der Waals surface area (Å²) in [6, 6.07) is 11.4. The number of nitrogens with one attached hydrogen (secondary N) is 1. The summed E-state index contributed by atoms with van der Waals surface area (Å²) in [5.41, 5.74) is 5.49. The van der Waals surface area contributed by atoms with Gasteiger partial charge in [0.15, 0.2) is 34.7 Å². The van der Waals surface area contributed by atoms with Crippen molar-refractivity contribution in [2.75, 3.05) is 20.6 Å². The minimum Gasteiger partial charge on any atom is -0.507 e. The quantitative estimate of drug-likeness (QED) is 0.216. The van der Waals surface area contributed by atoms with Crippen LogP contribution in [-0.4, -0.2) is 76.4 Å². The maximum atomic E-state index is 13.9. The van der Waals surface area contributed by atoms with Crippen molar-refractivity contribution in [2.24, 2.45) is 29.4 Å². The number of carbonyl (C=O) groups excluding carboxylic acids is 5. The van der Waals surface area contributed by atoms with Crippen LogP contribution >= 0.6 is 0 Å². The highest BCUT2D eigenvalue weighted by Crippen LogP contribution is 2.51. The molecule has 2 aromatic carbocycles. The summed E-state index contributed by atoms with van der Waals surface area (Å²) in [6.45, 7) is 0.707. The number of nitrogens with zero attached hydrogens (tertiary/aromatic N) is 2. The fraction of sp³-hybridized carbons (Fsp3) is 0.400. The van der Waals surface area contributed by atoms with E-state index < -0.39 is 64.4 Å². The van der Waals surface area contributed by atoms with Gasteiger partial charge in [-0.05, 0) is 61.2 Å². The maximum Gasteiger partial charge on any atom is 0.235 e. The van der Waals surface area contributed by atoms with Crippen molar-refractivity contribution in [2.45, 2.75) is 31.0 Å². The molecule has 1 amide bonds. The number of ketones is 4. The van der Waals surface area contributed by atoms with Crippen LogP contribution in [-0.2, 0) is 32.1 Å². The lowest BCUT2D eigenvalue weighted by Gasteiger charge is -2.52. The molecule has 0 saturated heterocycles. The first-order valence-electron chi connectivity index (χ1n) is 13.3. The molecule has 212 valence electrons. The largest absolute Gasteiger partial charge is 0.507 e. The van der Waals surface area contributed by atoms with E-state index in [0.29, 0.717) is 17.7 Å². The molecule has 0 bridgehead atoms. The Morgan fingerprint density at radius 3 is 2.41 bits per heavy atom. The number of fused-ring (bicyclic) bond motifs is 3. The minimum absolute atomic E-state index is 0.0114. The summed E-state index contributed by atoms with van der Waals surface area (Å²) in [5, 5.41) is 34.1. The van der Waals surface area contributed by atoms with E-state index in [0.717, 1.165) is 11.1 Å². The van der Waals surface area contributed by atoms with E-state index in [1.165, 1.54) is 11.0 Å². The molecule has 41 heavy (non-hydrogen) atoms. The van der Waals surface area contributed by atoms with Crippen molar-refractivity contribution in [3.05, 3.63) is 53.1 Å². The van der Waals surface area contributed by atoms with Crippen LogP contribution in [0.1, 0.15) is 27.9 Å². The first-order valence-corrected chi connectivity index (χ1v) is 13.3. The number of rotatable bonds is 6. The Labute approximate surface area is 235 Å². The number of phenols is 1. The highest BCUT2D eigenvalue weighted by atomic mass is 16.3. The highest BCUT2D eigenvalue weighted by Gasteiger charge is 2.69. The van der Waals surface area contributed by atoms with Gasteiger partial charge in [-0.3, -0.25) is 28.9 Å². The van der Waals surface area contributed by atoms with Gasteiger partial charge < -0.3 is 21.3 Å². The summed E-state index contributed by atoms with van der Waals surface area (Å²) >= 11 is 0. The summed E-state index contributed by atoms with van der Waals surface area (Å²) in [6.07, 6.45) is 0.170. The average molecular weight is 559 g/mol. The van der Waals surface area contributed by atoms with Crippen LogP contribution in [0.4, 0.5) is 0 Å². The molecule has 2 saturated carbocycles. The SMILES string of the molecule is CN(C)C1C(=O)C(C(N)=O)C(=O)[C@@]2(O)C(=O)C3C(=O)c4c(O)ccc(-c5ccc(CNCC#N)cc5)c4C[C@H]3C[C@@H]12. The van der Waals surface area contributed by atoms with Crippen molar-refractivity contribution in [1.82, 2.24) is 10.2 Å². The topological polar surface area (TPSA) is 191 Å². The first kappa shape index (κ1) is 28.3. The van der Waals surface area contributed by atoms with Crippen molar-refractivity contribution < 1.29 is 34.2 Å². The second-order valence-corrected chi connectivity index (χ2v) is 11.2. The van der Waals surface area contributed by atoms with E-state index >= 15 is 0 Å². The lowest BCUT2D eigenvalue weighted by atomic mass is 9.52. The Kier molecular flexibility index (Phi) is 7.11. The number of aliphatic hydroxyl groups is 1. The molecule has 3 aliphatic carbocycles. The molecule has 5 N–H and O–H groups in total. The molecule has 6 atom stereocenters. The van der Waals surface area contributed by atoms with E-state index in [-0.39, 0.29) is 30.7 Å². The third kappa shape index (κ3) is 4.26. The van der Waals surface area contributed by atoms with Gasteiger partial charge in [0.25, 0.3) is 0 Å². The molecular formula is C30H30N4O7. The van der Waals surface area contributed by atoms with Gasteiger partial charge in [-0.25, -0.2) is 0 Å². The average Bonchev–Trinajstić information content (AvgIpc) is 2.91. The normalized spacial score (nSPS) is 29.0. The highest BCUT2D eigenvalue weighted by molar-refractivity contribution is 6.32. The number of benzene rings is 2. The lowest BCUT2D eigenvalue weighted by Crippen LogP contribution is -2.74. The lowest BCUT2D eigenvalue weighted by molar-refractivity contribution is -0.181. The zero-order valence-electron chi connectivity index (χ0n) is 22.6. The van der Waals surface area contributed by atoms with Crippen LogP contribution in [0.5, 0.6) is 5.75 Å². The molecule has 0 aromatic heterocycles. The Morgan fingerprint density at radius 2 is 1.80 bits per heavy atom. The van der Waals surface area contributed by atoms with E-state index in [2.05, 4.69) is 5.32 Å². The molecule has 0 spiro atoms. The zero-order chi connectivity index (χ0) is 29.8. The number of nitrogens with two attached hydrogens (primary N) is 1. The molecule has 2 aromatic rings. The second kappa shape index (κ2) is 10.3. The van der Waals surface area contributed by atoms with Gasteiger partial charge in [0.1, 0.15) is 5.75 Å². The summed E-state index contributed by atoms with van der Waals surface area (Å²) in [5.74, 6) is -10.7. The van der Waals surface area contributed by atoms with Gasteiger partial charge in [0.2, 0.25) is 5.91 Å². The van der Waals surface area contributed by atoms with Gasteiger partial charge in [-0.2, -0.15) is 5.26 Å². The Bertz CT molecular complexity index is 1530. The van der Waals surface area contributed by atoms with Crippen LogP contribution in [0.2, 0.25) is 0 Å². The predicted octanol–water partition coefficient (Wildman–Crippen LogP) is 0.147. The number of amides is 1. The molecule has 11 nitrogen and oxygen atoms in total. The fourth-order valence-corrected chi connectivity index (χ4v) is 6.94. The molecule has 5 rings (SSSR count). The van der Waals surface area contributed by atoms with Crippen LogP contribution in [0.25, 0.3) is 11.1 Å². The first-order chi connectivity index (χ1) is 19.4. The molecule has 0 radical (unpaired) electrons. The third-order valence-corrected chi connectivity index (χ3v) is 8.74. The molecule has 11 heteroatoms. The van der Waals surface area contributed by atoms with Crippen molar-refractivity contribution in [3.8, 4) is 22.9 Å². The predicted molar refractivity (Wildman–Crippen MR) is 144 cm³/mol. The number of primary amides is 1. The number of Topliss-reactive ketones (excluding diaryl/α,β-unsaturated/α-hetero) is 4. The van der Waals surface area contributed by atoms with Gasteiger partial charge in [-0.15, -0.1) is 0 Å². The van der Waals surface area contributed by atoms with Crippen molar-refractivity contribution >= 4 is 29.0 Å². The van der Waals surface area contributed by atoms with Crippen LogP contribution in [0, 0.1) is 35.0 Å². The van der Waals surface area contributed by atoms with Crippen molar-refractivity contribution in [1.29, 1.82) is 5.26 Å². The third-order valence-electron chi connectivity index (χ3n) is 8.74. The van der Waals surface area contributed by atoms with Crippen LogP contribution in [0.15, 0.2) is 36.4 Å². The van der Waals surface area contributed by atoms with Gasteiger partial charge in [0.05, 0.1) is 30.1 Å². The van der Waals surface area contributed by atoms with E-state index in [9.17, 15) is 34.2 Å². The molecule has 0 aliphatic heterocycles. The number of nitriles is 1. The zero-order valence-corrected chi connectivity index (χ0v) is 22.6. The standard InChI is InChI=1S/C30H30N4O7/c1-34(2)24-19-12-16-11-18-17(15-5-3-14(4-6-15)13-33-10-9-31)7-8-20(35)22(18)25(36)21(16)27(38)30(19,41)28(39)23(26(24)37)29(32)40/h3-8,16,19,21,23-24,33,35,41H,10-13H2,1-2H3,(H2,32,40)/t16-,19-,21?,23?,24?,30-/m0/s1. The summed E-state index contributed by atoms with van der Waals surface area (Å²) in [4.78, 5) is 68.0. The maximum absolute atomic E-state index is 13.9. The smallest absolute Gasteiger partial charge is 0.235 e. The summed E-state index contributed by atoms with van der Waals surface area (Å²) < 4.78 is 0.